The predicted octanol–water partition coefficient (Wildman–Crippen LogP) is 4.62. The second kappa shape index (κ2) is 7.72. The molecule has 0 aliphatic carbocycles. The summed E-state index contributed by atoms with van der Waals surface area (Å²) in [5.41, 5.74) is 5.43. The zero-order valence-corrected chi connectivity index (χ0v) is 15.7. The molecule has 5 heteroatoms. The highest BCUT2D eigenvalue weighted by Crippen LogP contribution is 2.38. The van der Waals surface area contributed by atoms with Crippen molar-refractivity contribution < 1.29 is 14.6 Å². The topological polar surface area (TPSA) is 71.5 Å². The Hall–Kier alpha value is -3.34. The van der Waals surface area contributed by atoms with E-state index in [-0.39, 0.29) is 12.3 Å². The number of carboxylic acid groups (broad SMARTS) is 1. The van der Waals surface area contributed by atoms with Crippen molar-refractivity contribution in [3.63, 3.8) is 0 Å². The Labute approximate surface area is 164 Å². The summed E-state index contributed by atoms with van der Waals surface area (Å²) in [6.45, 7) is 3.23. The summed E-state index contributed by atoms with van der Waals surface area (Å²) < 4.78 is 5.70. The summed E-state index contributed by atoms with van der Waals surface area (Å²) in [5, 5.41) is 12.4. The van der Waals surface area contributed by atoms with Crippen molar-refractivity contribution in [1.82, 2.24) is 4.98 Å². The van der Waals surface area contributed by atoms with Crippen LogP contribution in [0.4, 0.5) is 5.82 Å². The molecule has 4 rings (SSSR count). The average Bonchev–Trinajstić information content (AvgIpc) is 3.08. The molecule has 0 amide bonds. The van der Waals surface area contributed by atoms with Crippen molar-refractivity contribution in [2.24, 2.45) is 0 Å². The number of aryl methyl sites for hydroxylation is 1. The number of pyridine rings is 1. The highest BCUT2D eigenvalue weighted by Gasteiger charge is 2.26. The average molecular weight is 374 g/mol. The molecular formula is C23H22N2O3. The Morgan fingerprint density at radius 2 is 2.04 bits per heavy atom. The molecule has 1 aliphatic heterocycles. The maximum absolute atomic E-state index is 11.0. The summed E-state index contributed by atoms with van der Waals surface area (Å²) >= 11 is 0. The maximum atomic E-state index is 11.0. The van der Waals surface area contributed by atoms with Crippen LogP contribution in [0.15, 0.2) is 60.8 Å². The number of fused-ring (bicyclic) bond motifs is 1. The Morgan fingerprint density at radius 1 is 1.18 bits per heavy atom. The Balaban J connectivity index is 1.45. The number of carbonyl (C=O) groups is 1. The third-order valence-corrected chi connectivity index (χ3v) is 4.97. The molecule has 5 nitrogen and oxygen atoms in total. The fourth-order valence-corrected chi connectivity index (χ4v) is 3.52. The van der Waals surface area contributed by atoms with Crippen LogP contribution < -0.4 is 10.1 Å². The lowest BCUT2D eigenvalue weighted by atomic mass is 9.95. The number of hydrogen-bond acceptors (Lipinski definition) is 4. The van der Waals surface area contributed by atoms with E-state index < -0.39 is 5.97 Å². The Bertz CT molecular complexity index is 999. The van der Waals surface area contributed by atoms with Gasteiger partial charge in [0.1, 0.15) is 11.6 Å². The van der Waals surface area contributed by atoms with Crippen molar-refractivity contribution >= 4 is 11.8 Å². The van der Waals surface area contributed by atoms with Gasteiger partial charge < -0.3 is 15.2 Å². The van der Waals surface area contributed by atoms with E-state index in [0.29, 0.717) is 6.61 Å². The number of benzene rings is 2. The van der Waals surface area contributed by atoms with Gasteiger partial charge >= 0.3 is 5.97 Å². The maximum Gasteiger partial charge on any atom is 0.304 e. The van der Waals surface area contributed by atoms with Crippen LogP contribution in [0.25, 0.3) is 11.1 Å². The van der Waals surface area contributed by atoms with Crippen molar-refractivity contribution in [1.29, 1.82) is 0 Å². The summed E-state index contributed by atoms with van der Waals surface area (Å²) in [5.74, 6) is 0.714. The van der Waals surface area contributed by atoms with Crippen LogP contribution in [0.3, 0.4) is 0 Å². The predicted molar refractivity (Wildman–Crippen MR) is 109 cm³/mol. The first-order chi connectivity index (χ1) is 13.6. The third-order valence-electron chi connectivity index (χ3n) is 4.97. The molecular weight excluding hydrogens is 352 g/mol. The molecule has 2 aromatic carbocycles. The van der Waals surface area contributed by atoms with Crippen molar-refractivity contribution in [2.45, 2.75) is 25.8 Å². The van der Waals surface area contributed by atoms with Gasteiger partial charge in [0.25, 0.3) is 0 Å². The summed E-state index contributed by atoms with van der Waals surface area (Å²) in [6.07, 6.45) is 1.93. The van der Waals surface area contributed by atoms with E-state index in [9.17, 15) is 4.79 Å². The normalized spacial score (nSPS) is 15.0. The molecule has 0 radical (unpaired) electrons. The Morgan fingerprint density at radius 3 is 2.79 bits per heavy atom. The molecule has 0 saturated heterocycles. The monoisotopic (exact) mass is 374 g/mol. The minimum absolute atomic E-state index is 0.0760. The van der Waals surface area contributed by atoms with Crippen LogP contribution in [0.5, 0.6) is 5.75 Å². The number of aliphatic carboxylic acids is 1. The minimum Gasteiger partial charge on any atom is -0.493 e. The lowest BCUT2D eigenvalue weighted by Gasteiger charge is -2.09. The van der Waals surface area contributed by atoms with Crippen molar-refractivity contribution in [2.75, 3.05) is 11.9 Å². The zero-order valence-electron chi connectivity index (χ0n) is 15.7. The molecule has 3 aromatic rings. The van der Waals surface area contributed by atoms with Gasteiger partial charge in [-0.3, -0.25) is 4.79 Å². The minimum atomic E-state index is -0.802. The molecule has 0 fully saturated rings. The SMILES string of the molecule is Cc1cccc(CNc2ccc(-c3ccc4c(c3)OC[C@H]4CC(=O)O)cn2)c1. The smallest absolute Gasteiger partial charge is 0.304 e. The number of hydrogen-bond donors (Lipinski definition) is 2. The van der Waals surface area contributed by atoms with Crippen LogP contribution in [0, 0.1) is 6.92 Å². The number of nitrogens with zero attached hydrogens (tertiary/aromatic N) is 1. The van der Waals surface area contributed by atoms with E-state index in [4.69, 9.17) is 9.84 Å². The van der Waals surface area contributed by atoms with Gasteiger partial charge in [0.05, 0.1) is 13.0 Å². The fourth-order valence-electron chi connectivity index (χ4n) is 3.52. The van der Waals surface area contributed by atoms with E-state index in [0.717, 1.165) is 34.8 Å². The van der Waals surface area contributed by atoms with Gasteiger partial charge in [0.2, 0.25) is 0 Å². The van der Waals surface area contributed by atoms with Gasteiger partial charge in [-0.25, -0.2) is 4.98 Å². The van der Waals surface area contributed by atoms with Gasteiger partial charge in [0, 0.05) is 29.8 Å². The highest BCUT2D eigenvalue weighted by atomic mass is 16.5. The number of aromatic nitrogens is 1. The first-order valence-electron chi connectivity index (χ1n) is 9.33. The first kappa shape index (κ1) is 18.0. The van der Waals surface area contributed by atoms with E-state index >= 15 is 0 Å². The first-order valence-corrected chi connectivity index (χ1v) is 9.33. The van der Waals surface area contributed by atoms with Crippen molar-refractivity contribution in [3.8, 4) is 16.9 Å². The second-order valence-corrected chi connectivity index (χ2v) is 7.13. The standard InChI is InChI=1S/C23H22N2O3/c1-15-3-2-4-16(9-15)12-24-22-8-6-18(13-25-22)17-5-7-20-19(11-23(26)27)14-28-21(20)10-17/h2-10,13,19H,11-12,14H2,1H3,(H,24,25)(H,26,27)/t19-/m1/s1. The molecule has 28 heavy (non-hydrogen) atoms. The Kier molecular flexibility index (Phi) is 4.98. The lowest BCUT2D eigenvalue weighted by Crippen LogP contribution is -2.07. The van der Waals surface area contributed by atoms with E-state index in [1.165, 1.54) is 11.1 Å². The fraction of sp³-hybridized carbons (Fsp3) is 0.217. The number of ether oxygens (including phenoxy) is 1. The molecule has 1 aliphatic rings. The number of carboxylic acids is 1. The molecule has 2 N–H and O–H groups in total. The van der Waals surface area contributed by atoms with Crippen LogP contribution in [0.1, 0.15) is 29.0 Å². The van der Waals surface area contributed by atoms with Crippen LogP contribution in [0.2, 0.25) is 0 Å². The van der Waals surface area contributed by atoms with E-state index in [1.54, 1.807) is 0 Å². The quantitative estimate of drug-likeness (QED) is 0.659. The lowest BCUT2D eigenvalue weighted by molar-refractivity contribution is -0.137. The number of rotatable bonds is 6. The molecule has 0 bridgehead atoms. The summed E-state index contributed by atoms with van der Waals surface area (Å²) in [7, 11) is 0. The molecule has 1 aromatic heterocycles. The van der Waals surface area contributed by atoms with E-state index in [2.05, 4.69) is 41.5 Å². The molecule has 0 spiro atoms. The van der Waals surface area contributed by atoms with Crippen molar-refractivity contribution in [3.05, 3.63) is 77.5 Å². The zero-order chi connectivity index (χ0) is 19.5. The molecule has 1 atom stereocenters. The van der Waals surface area contributed by atoms with Gasteiger partial charge in [-0.15, -0.1) is 0 Å². The molecule has 0 saturated carbocycles. The molecule has 2 heterocycles. The van der Waals surface area contributed by atoms with E-state index in [1.807, 2.05) is 36.5 Å². The second-order valence-electron chi connectivity index (χ2n) is 7.13. The van der Waals surface area contributed by atoms with Gasteiger partial charge in [-0.05, 0) is 36.2 Å². The van der Waals surface area contributed by atoms with Crippen LogP contribution in [-0.4, -0.2) is 22.7 Å². The molecule has 0 unspecified atom stereocenters. The van der Waals surface area contributed by atoms with Crippen LogP contribution >= 0.6 is 0 Å². The van der Waals surface area contributed by atoms with Gasteiger partial charge in [-0.2, -0.15) is 0 Å². The number of nitrogens with one attached hydrogen (secondary N) is 1. The molecule has 142 valence electrons. The van der Waals surface area contributed by atoms with Crippen LogP contribution in [-0.2, 0) is 11.3 Å². The third kappa shape index (κ3) is 3.98. The van der Waals surface area contributed by atoms with Gasteiger partial charge in [0.15, 0.2) is 0 Å². The summed E-state index contributed by atoms with van der Waals surface area (Å²) in [6, 6.07) is 18.3. The number of anilines is 1. The summed E-state index contributed by atoms with van der Waals surface area (Å²) in [4.78, 5) is 15.5. The van der Waals surface area contributed by atoms with Gasteiger partial charge in [-0.1, -0.05) is 42.0 Å². The highest BCUT2D eigenvalue weighted by molar-refractivity contribution is 5.70. The largest absolute Gasteiger partial charge is 0.493 e.